The molecule has 1 heterocycles. The lowest BCUT2D eigenvalue weighted by molar-refractivity contribution is 0.292. The maximum Gasteiger partial charge on any atom is 0.146 e. The number of aryl methyl sites for hydroxylation is 1. The van der Waals surface area contributed by atoms with Gasteiger partial charge in [0.05, 0.1) is 5.02 Å². The topological polar surface area (TPSA) is 39.1 Å². The number of rotatable bonds is 6. The molecule has 2 aromatic rings. The molecule has 108 valence electrons. The lowest BCUT2D eigenvalue weighted by atomic mass is 10.1. The van der Waals surface area contributed by atoms with Gasteiger partial charge in [-0.25, -0.2) is 4.98 Å². The van der Waals surface area contributed by atoms with Gasteiger partial charge in [-0.1, -0.05) is 24.6 Å². The normalized spacial score (nSPS) is 12.4. The molecule has 1 aromatic heterocycles. The third-order valence-corrected chi connectivity index (χ3v) is 3.54. The van der Waals surface area contributed by atoms with E-state index in [0.717, 1.165) is 17.9 Å². The highest BCUT2D eigenvalue weighted by Crippen LogP contribution is 2.28. The minimum atomic E-state index is 0.279. The molecule has 0 saturated heterocycles. The van der Waals surface area contributed by atoms with Gasteiger partial charge in [0.15, 0.2) is 0 Å². The summed E-state index contributed by atoms with van der Waals surface area (Å²) in [4.78, 5) is 4.22. The van der Waals surface area contributed by atoms with Crippen LogP contribution in [0.25, 0.3) is 0 Å². The van der Waals surface area contributed by atoms with Gasteiger partial charge >= 0.3 is 0 Å². The molecule has 0 radical (unpaired) electrons. The van der Waals surface area contributed by atoms with Crippen LogP contribution in [0, 0.1) is 0 Å². The molecule has 1 atom stereocenters. The molecule has 1 unspecified atom stereocenters. The Labute approximate surface area is 124 Å². The van der Waals surface area contributed by atoms with Crippen LogP contribution in [0.3, 0.4) is 0 Å². The fourth-order valence-electron chi connectivity index (χ4n) is 2.01. The van der Waals surface area contributed by atoms with Gasteiger partial charge < -0.3 is 14.6 Å². The summed E-state index contributed by atoms with van der Waals surface area (Å²) in [6, 6.07) is 6.17. The second kappa shape index (κ2) is 6.77. The van der Waals surface area contributed by atoms with Crippen molar-refractivity contribution in [3.8, 4) is 5.75 Å². The van der Waals surface area contributed by atoms with Gasteiger partial charge in [-0.2, -0.15) is 0 Å². The molecule has 4 nitrogen and oxygen atoms in total. The second-order valence-corrected chi connectivity index (χ2v) is 5.12. The van der Waals surface area contributed by atoms with E-state index in [-0.39, 0.29) is 6.04 Å². The molecular formula is C15H20ClN3O. The highest BCUT2D eigenvalue weighted by molar-refractivity contribution is 6.32. The van der Waals surface area contributed by atoms with Crippen molar-refractivity contribution in [3.05, 3.63) is 47.0 Å². The summed E-state index contributed by atoms with van der Waals surface area (Å²) in [6.45, 7) is 5.54. The molecule has 0 aliphatic heterocycles. The number of aromatic nitrogens is 2. The van der Waals surface area contributed by atoms with Crippen molar-refractivity contribution in [1.82, 2.24) is 14.9 Å². The van der Waals surface area contributed by atoms with E-state index >= 15 is 0 Å². The van der Waals surface area contributed by atoms with Crippen molar-refractivity contribution in [2.45, 2.75) is 26.5 Å². The van der Waals surface area contributed by atoms with E-state index in [9.17, 15) is 0 Å². The lowest BCUT2D eigenvalue weighted by Crippen LogP contribution is -2.17. The van der Waals surface area contributed by atoms with Crippen molar-refractivity contribution in [3.63, 3.8) is 0 Å². The van der Waals surface area contributed by atoms with Gasteiger partial charge in [0, 0.05) is 25.5 Å². The van der Waals surface area contributed by atoms with Crippen molar-refractivity contribution >= 4 is 11.6 Å². The number of nitrogens with one attached hydrogen (secondary N) is 1. The number of hydrogen-bond donors (Lipinski definition) is 1. The molecule has 20 heavy (non-hydrogen) atoms. The quantitative estimate of drug-likeness (QED) is 0.888. The summed E-state index contributed by atoms with van der Waals surface area (Å²) in [6.07, 6.45) is 3.64. The van der Waals surface area contributed by atoms with Crippen LogP contribution < -0.4 is 10.1 Å². The minimum Gasteiger partial charge on any atom is -0.484 e. The Balaban J connectivity index is 2.04. The zero-order chi connectivity index (χ0) is 14.5. The molecule has 0 fully saturated rings. The van der Waals surface area contributed by atoms with Crippen LogP contribution in [0.2, 0.25) is 5.02 Å². The van der Waals surface area contributed by atoms with Crippen LogP contribution in [-0.2, 0) is 13.7 Å². The molecule has 0 amide bonds. The lowest BCUT2D eigenvalue weighted by Gasteiger charge is -2.15. The van der Waals surface area contributed by atoms with E-state index in [1.165, 1.54) is 0 Å². The zero-order valence-corrected chi connectivity index (χ0v) is 12.8. The second-order valence-electron chi connectivity index (χ2n) is 4.71. The fourth-order valence-corrected chi connectivity index (χ4v) is 2.25. The molecular weight excluding hydrogens is 274 g/mol. The van der Waals surface area contributed by atoms with Crippen LogP contribution in [0.1, 0.15) is 31.3 Å². The molecule has 5 heteroatoms. The van der Waals surface area contributed by atoms with Crippen molar-refractivity contribution in [2.75, 3.05) is 6.54 Å². The Bertz CT molecular complexity index is 568. The molecule has 2 rings (SSSR count). The number of imidazole rings is 1. The van der Waals surface area contributed by atoms with E-state index < -0.39 is 0 Å². The molecule has 0 saturated carbocycles. The van der Waals surface area contributed by atoms with Gasteiger partial charge in [-0.3, -0.25) is 0 Å². The smallest absolute Gasteiger partial charge is 0.146 e. The van der Waals surface area contributed by atoms with Gasteiger partial charge in [0.1, 0.15) is 18.2 Å². The van der Waals surface area contributed by atoms with Crippen LogP contribution in [-0.4, -0.2) is 16.1 Å². The van der Waals surface area contributed by atoms with Gasteiger partial charge in [-0.15, -0.1) is 0 Å². The number of ether oxygens (including phenoxy) is 1. The SMILES string of the molecule is CCNC(C)c1ccc(OCc2nccn2C)c(Cl)c1. The monoisotopic (exact) mass is 293 g/mol. The van der Waals surface area contributed by atoms with E-state index in [2.05, 4.69) is 24.1 Å². The fraction of sp³-hybridized carbons (Fsp3) is 0.400. The number of hydrogen-bond acceptors (Lipinski definition) is 3. The van der Waals surface area contributed by atoms with Gasteiger partial charge in [0.2, 0.25) is 0 Å². The van der Waals surface area contributed by atoms with E-state index in [4.69, 9.17) is 16.3 Å². The van der Waals surface area contributed by atoms with Gasteiger partial charge in [0.25, 0.3) is 0 Å². The summed E-state index contributed by atoms with van der Waals surface area (Å²) in [7, 11) is 1.94. The minimum absolute atomic E-state index is 0.279. The maximum atomic E-state index is 6.27. The van der Waals surface area contributed by atoms with Crippen LogP contribution >= 0.6 is 11.6 Å². The van der Waals surface area contributed by atoms with Crippen molar-refractivity contribution < 1.29 is 4.74 Å². The number of halogens is 1. The predicted octanol–water partition coefficient (Wildman–Crippen LogP) is 3.32. The third-order valence-electron chi connectivity index (χ3n) is 3.24. The largest absolute Gasteiger partial charge is 0.484 e. The summed E-state index contributed by atoms with van der Waals surface area (Å²) < 4.78 is 7.65. The first-order valence-corrected chi connectivity index (χ1v) is 7.11. The maximum absolute atomic E-state index is 6.27. The predicted molar refractivity (Wildman–Crippen MR) is 81.1 cm³/mol. The third kappa shape index (κ3) is 3.52. The number of nitrogens with zero attached hydrogens (tertiary/aromatic N) is 2. The Morgan fingerprint density at radius 3 is 2.85 bits per heavy atom. The van der Waals surface area contributed by atoms with Crippen LogP contribution in [0.4, 0.5) is 0 Å². The van der Waals surface area contributed by atoms with E-state index in [1.54, 1.807) is 6.20 Å². The molecule has 1 N–H and O–H groups in total. The van der Waals surface area contributed by atoms with Crippen LogP contribution in [0.5, 0.6) is 5.75 Å². The summed E-state index contributed by atoms with van der Waals surface area (Å²) in [5, 5.41) is 3.98. The van der Waals surface area contributed by atoms with E-state index in [0.29, 0.717) is 17.4 Å². The molecule has 0 spiro atoms. The average Bonchev–Trinajstić information content (AvgIpc) is 2.83. The summed E-state index contributed by atoms with van der Waals surface area (Å²) in [5.74, 6) is 1.55. The summed E-state index contributed by atoms with van der Waals surface area (Å²) in [5.41, 5.74) is 1.15. The highest BCUT2D eigenvalue weighted by Gasteiger charge is 2.09. The first-order valence-electron chi connectivity index (χ1n) is 6.73. The first kappa shape index (κ1) is 14.9. The van der Waals surface area contributed by atoms with E-state index in [1.807, 2.05) is 36.0 Å². The molecule has 0 bridgehead atoms. The zero-order valence-electron chi connectivity index (χ0n) is 12.1. The number of benzene rings is 1. The highest BCUT2D eigenvalue weighted by atomic mass is 35.5. The summed E-state index contributed by atoms with van der Waals surface area (Å²) >= 11 is 6.27. The molecule has 1 aromatic carbocycles. The molecule has 0 aliphatic rings. The average molecular weight is 294 g/mol. The van der Waals surface area contributed by atoms with Crippen molar-refractivity contribution in [2.24, 2.45) is 7.05 Å². The Hall–Kier alpha value is -1.52. The Morgan fingerprint density at radius 2 is 2.25 bits per heavy atom. The van der Waals surface area contributed by atoms with Crippen molar-refractivity contribution in [1.29, 1.82) is 0 Å². The Kier molecular flexibility index (Phi) is 5.04. The van der Waals surface area contributed by atoms with Crippen LogP contribution in [0.15, 0.2) is 30.6 Å². The standard InChI is InChI=1S/C15H20ClN3O/c1-4-17-11(2)12-5-6-14(13(16)9-12)20-10-15-18-7-8-19(15)3/h5-9,11,17H,4,10H2,1-3H3. The Morgan fingerprint density at radius 1 is 1.45 bits per heavy atom. The molecule has 0 aliphatic carbocycles. The van der Waals surface area contributed by atoms with Gasteiger partial charge in [-0.05, 0) is 31.2 Å². The first-order chi connectivity index (χ1) is 9.61.